The lowest BCUT2D eigenvalue weighted by Gasteiger charge is -2.18. The molecular weight excluding hydrogens is 374 g/mol. The molecule has 1 saturated carbocycles. The molecule has 2 rings (SSSR count). The van der Waals surface area contributed by atoms with E-state index in [9.17, 15) is 13.9 Å². The summed E-state index contributed by atoms with van der Waals surface area (Å²) in [6, 6.07) is 4.50. The molecule has 0 unspecified atom stereocenters. The van der Waals surface area contributed by atoms with Gasteiger partial charge in [0.15, 0.2) is 11.5 Å². The number of aliphatic hydroxyl groups excluding tert-OH is 1. The molecule has 1 aromatic rings. The number of ether oxygens (including phenoxy) is 2. The van der Waals surface area contributed by atoms with E-state index in [-0.39, 0.29) is 17.9 Å². The van der Waals surface area contributed by atoms with Gasteiger partial charge in [-0.3, -0.25) is 0 Å². The van der Waals surface area contributed by atoms with Crippen molar-refractivity contribution < 1.29 is 23.4 Å². The van der Waals surface area contributed by atoms with Crippen LogP contribution in [0.3, 0.4) is 0 Å². The van der Waals surface area contributed by atoms with Crippen LogP contribution in [-0.4, -0.2) is 18.3 Å². The van der Waals surface area contributed by atoms with Crippen LogP contribution in [-0.2, 0) is 0 Å². The van der Waals surface area contributed by atoms with Crippen LogP contribution in [0.15, 0.2) is 53.1 Å². The molecule has 3 nitrogen and oxygen atoms in total. The molecule has 148 valence electrons. The summed E-state index contributed by atoms with van der Waals surface area (Å²) in [6.07, 6.45) is 4.96. The Hall–Kier alpha value is -1.85. The minimum Gasteiger partial charge on any atom is -0.489 e. The van der Waals surface area contributed by atoms with Crippen molar-refractivity contribution in [3.05, 3.63) is 58.7 Å². The van der Waals surface area contributed by atoms with Crippen molar-refractivity contribution in [3.63, 3.8) is 0 Å². The Morgan fingerprint density at radius 2 is 2.07 bits per heavy atom. The Bertz CT molecular complexity index is 724. The fourth-order valence-corrected chi connectivity index (χ4v) is 2.81. The van der Waals surface area contributed by atoms with Crippen molar-refractivity contribution in [2.24, 2.45) is 5.92 Å². The summed E-state index contributed by atoms with van der Waals surface area (Å²) in [5.74, 6) is 0.629. The lowest BCUT2D eigenvalue weighted by molar-refractivity contribution is -0.0515. The molecule has 1 aliphatic rings. The van der Waals surface area contributed by atoms with Crippen molar-refractivity contribution >= 4 is 11.6 Å². The molecule has 0 radical (unpaired) electrons. The first-order valence-corrected chi connectivity index (χ1v) is 9.27. The number of benzene rings is 1. The van der Waals surface area contributed by atoms with Crippen LogP contribution in [0.1, 0.15) is 44.8 Å². The van der Waals surface area contributed by atoms with Gasteiger partial charge in [0.05, 0.1) is 12.7 Å². The molecule has 6 heteroatoms. The summed E-state index contributed by atoms with van der Waals surface area (Å²) in [7, 11) is 0. The molecule has 1 aromatic carbocycles. The zero-order valence-electron chi connectivity index (χ0n) is 15.6. The van der Waals surface area contributed by atoms with Gasteiger partial charge in [-0.25, -0.2) is 0 Å². The first kappa shape index (κ1) is 21.5. The lowest BCUT2D eigenvalue weighted by atomic mass is 9.97. The molecule has 1 fully saturated rings. The highest BCUT2D eigenvalue weighted by atomic mass is 35.5. The zero-order valence-corrected chi connectivity index (χ0v) is 16.3. The second kappa shape index (κ2) is 9.90. The van der Waals surface area contributed by atoms with Crippen molar-refractivity contribution in [3.8, 4) is 11.5 Å². The fraction of sp³-hybridized carbons (Fsp3) is 0.429. The molecule has 0 aliphatic heterocycles. The molecule has 0 spiro atoms. The van der Waals surface area contributed by atoms with Gasteiger partial charge >= 0.3 is 6.61 Å². The number of hydrogen-bond acceptors (Lipinski definition) is 3. The maximum Gasteiger partial charge on any atom is 0.387 e. The van der Waals surface area contributed by atoms with Gasteiger partial charge in [0.25, 0.3) is 0 Å². The molecule has 0 amide bonds. The Morgan fingerprint density at radius 1 is 1.37 bits per heavy atom. The number of halogens is 3. The van der Waals surface area contributed by atoms with Crippen molar-refractivity contribution in [2.45, 2.75) is 45.8 Å². The first-order chi connectivity index (χ1) is 12.8. The predicted octanol–water partition coefficient (Wildman–Crippen LogP) is 6.15. The summed E-state index contributed by atoms with van der Waals surface area (Å²) in [5.41, 5.74) is 2.17. The van der Waals surface area contributed by atoms with Gasteiger partial charge in [0.2, 0.25) is 0 Å². The normalized spacial score (nSPS) is 16.8. The molecule has 0 saturated heterocycles. The van der Waals surface area contributed by atoms with E-state index in [4.69, 9.17) is 16.3 Å². The Balaban J connectivity index is 2.24. The van der Waals surface area contributed by atoms with E-state index in [2.05, 4.69) is 11.3 Å². The van der Waals surface area contributed by atoms with Gasteiger partial charge in [0, 0.05) is 11.5 Å². The highest BCUT2D eigenvalue weighted by Gasteiger charge is 2.24. The van der Waals surface area contributed by atoms with Gasteiger partial charge in [0.1, 0.15) is 0 Å². The monoisotopic (exact) mass is 398 g/mol. The number of alkyl halides is 2. The first-order valence-electron chi connectivity index (χ1n) is 8.89. The summed E-state index contributed by atoms with van der Waals surface area (Å²) < 4.78 is 35.5. The molecular formula is C21H25ClF2O3. The van der Waals surface area contributed by atoms with Crippen LogP contribution in [0.25, 0.3) is 0 Å². The third kappa shape index (κ3) is 6.36. The molecule has 1 aliphatic carbocycles. The van der Waals surface area contributed by atoms with Crippen LogP contribution >= 0.6 is 11.6 Å². The number of hydrogen-bond donors (Lipinski definition) is 1. The Labute approximate surface area is 163 Å². The average molecular weight is 399 g/mol. The van der Waals surface area contributed by atoms with Crippen LogP contribution < -0.4 is 9.47 Å². The summed E-state index contributed by atoms with van der Waals surface area (Å²) in [5, 5.41) is 11.2. The van der Waals surface area contributed by atoms with E-state index in [1.165, 1.54) is 6.07 Å². The quantitative estimate of drug-likeness (QED) is 0.481. The van der Waals surface area contributed by atoms with Crippen molar-refractivity contribution in [1.29, 1.82) is 0 Å². The van der Waals surface area contributed by atoms with E-state index in [0.29, 0.717) is 23.1 Å². The molecule has 0 aromatic heterocycles. The third-order valence-electron chi connectivity index (χ3n) is 4.46. The smallest absolute Gasteiger partial charge is 0.387 e. The molecule has 0 heterocycles. The van der Waals surface area contributed by atoms with E-state index < -0.39 is 12.7 Å². The van der Waals surface area contributed by atoms with Gasteiger partial charge in [-0.1, -0.05) is 36.4 Å². The van der Waals surface area contributed by atoms with Gasteiger partial charge in [-0.05, 0) is 61.4 Å². The molecule has 0 bridgehead atoms. The van der Waals surface area contributed by atoms with Crippen LogP contribution in [0.2, 0.25) is 0 Å². The predicted molar refractivity (Wildman–Crippen MR) is 103 cm³/mol. The lowest BCUT2D eigenvalue weighted by Crippen LogP contribution is -2.08. The minimum absolute atomic E-state index is 0.0360. The molecule has 1 atom stereocenters. The van der Waals surface area contributed by atoms with E-state index in [1.807, 2.05) is 13.8 Å². The summed E-state index contributed by atoms with van der Waals surface area (Å²) in [4.78, 5) is 0. The fourth-order valence-electron chi connectivity index (χ4n) is 2.59. The molecule has 27 heavy (non-hydrogen) atoms. The van der Waals surface area contributed by atoms with E-state index in [1.54, 1.807) is 24.3 Å². The standard InChI is InChI=1S/C21H25ClF2O3/c1-4-13(3)16(17(22)5-2)11-18(25)15-8-9-19(27-21(23)24)20(10-15)26-12-14-6-7-14/h4-5,8-10,14,18,21,25H,1,6-7,11-12H2,2-3H3/b16-13-,17-5+/t18-/m0/s1. The number of aliphatic hydroxyl groups is 1. The van der Waals surface area contributed by atoms with E-state index in [0.717, 1.165) is 24.0 Å². The maximum atomic E-state index is 12.6. The van der Waals surface area contributed by atoms with Gasteiger partial charge in [-0.15, -0.1) is 0 Å². The van der Waals surface area contributed by atoms with Crippen LogP contribution in [0.4, 0.5) is 8.78 Å². The van der Waals surface area contributed by atoms with Gasteiger partial charge < -0.3 is 14.6 Å². The maximum absolute atomic E-state index is 12.6. The second-order valence-electron chi connectivity index (χ2n) is 6.56. The Morgan fingerprint density at radius 3 is 2.63 bits per heavy atom. The summed E-state index contributed by atoms with van der Waals surface area (Å²) >= 11 is 6.26. The largest absolute Gasteiger partial charge is 0.489 e. The SMILES string of the molecule is C=C/C(C)=C(C[C@H](O)c1ccc(OC(F)F)c(OCC2CC2)c1)\C(Cl)=C/C. The van der Waals surface area contributed by atoms with Crippen LogP contribution in [0.5, 0.6) is 11.5 Å². The summed E-state index contributed by atoms with van der Waals surface area (Å²) in [6.45, 7) is 4.93. The van der Waals surface area contributed by atoms with E-state index >= 15 is 0 Å². The van der Waals surface area contributed by atoms with Crippen molar-refractivity contribution in [2.75, 3.05) is 6.61 Å². The molecule has 1 N–H and O–H groups in total. The van der Waals surface area contributed by atoms with Gasteiger partial charge in [-0.2, -0.15) is 8.78 Å². The van der Waals surface area contributed by atoms with Crippen LogP contribution in [0, 0.1) is 5.92 Å². The minimum atomic E-state index is -2.94. The third-order valence-corrected chi connectivity index (χ3v) is 4.91. The average Bonchev–Trinajstić information content (AvgIpc) is 3.47. The zero-order chi connectivity index (χ0) is 20.0. The highest BCUT2D eigenvalue weighted by molar-refractivity contribution is 6.32. The number of rotatable bonds is 10. The number of allylic oxidation sites excluding steroid dienone is 4. The highest BCUT2D eigenvalue weighted by Crippen LogP contribution is 2.37. The Kier molecular flexibility index (Phi) is 7.87. The topological polar surface area (TPSA) is 38.7 Å². The second-order valence-corrected chi connectivity index (χ2v) is 6.97. The van der Waals surface area contributed by atoms with Crippen molar-refractivity contribution in [1.82, 2.24) is 0 Å².